The van der Waals surface area contributed by atoms with Crippen LogP contribution in [0, 0.1) is 5.92 Å². The summed E-state index contributed by atoms with van der Waals surface area (Å²) >= 11 is 0. The van der Waals surface area contributed by atoms with Gasteiger partial charge in [0, 0.05) is 49.3 Å². The van der Waals surface area contributed by atoms with Crippen molar-refractivity contribution < 1.29 is 45.8 Å². The number of alkyl halides is 3. The van der Waals surface area contributed by atoms with Crippen LogP contribution in [0.2, 0.25) is 0 Å². The predicted molar refractivity (Wildman–Crippen MR) is 139 cm³/mol. The SMILES string of the molecule is O=C(c1ccc(NS(=O)(=O)c2cccc3cccnc23)c(OC(F)(F)F)c1)N1CCN(C(=O)O)C(C2CCOC2)C1. The summed E-state index contributed by atoms with van der Waals surface area (Å²) in [4.78, 5) is 31.6. The Bertz CT molecular complexity index is 1570. The third-order valence-electron chi connectivity index (χ3n) is 7.04. The highest BCUT2D eigenvalue weighted by Gasteiger charge is 2.39. The Kier molecular flexibility index (Phi) is 7.66. The topological polar surface area (TPSA) is 138 Å². The van der Waals surface area contributed by atoms with E-state index in [1.54, 1.807) is 18.2 Å². The third-order valence-corrected chi connectivity index (χ3v) is 8.44. The number of benzene rings is 2. The smallest absolute Gasteiger partial charge is 0.465 e. The van der Waals surface area contributed by atoms with Gasteiger partial charge in [-0.15, -0.1) is 13.2 Å². The van der Waals surface area contributed by atoms with Crippen molar-refractivity contribution >= 4 is 38.6 Å². The minimum Gasteiger partial charge on any atom is -0.465 e. The fraction of sp³-hybridized carbons (Fsp3) is 0.346. The van der Waals surface area contributed by atoms with Gasteiger partial charge in [-0.3, -0.25) is 14.5 Å². The first kappa shape index (κ1) is 28.4. The molecule has 5 rings (SSSR count). The number of fused-ring (bicyclic) bond motifs is 1. The fourth-order valence-corrected chi connectivity index (χ4v) is 6.37. The van der Waals surface area contributed by atoms with Crippen molar-refractivity contribution in [3.63, 3.8) is 0 Å². The Labute approximate surface area is 232 Å². The van der Waals surface area contributed by atoms with Crippen LogP contribution in [0.25, 0.3) is 10.9 Å². The minimum absolute atomic E-state index is 0.0189. The maximum Gasteiger partial charge on any atom is 0.573 e. The lowest BCUT2D eigenvalue weighted by atomic mass is 9.95. The van der Waals surface area contributed by atoms with Gasteiger partial charge in [0.05, 0.1) is 23.9 Å². The Balaban J connectivity index is 1.44. The van der Waals surface area contributed by atoms with E-state index in [2.05, 4.69) is 14.4 Å². The van der Waals surface area contributed by atoms with Crippen LogP contribution < -0.4 is 9.46 Å². The molecular weight excluding hydrogens is 569 g/mol. The first-order valence-electron chi connectivity index (χ1n) is 12.6. The number of anilines is 1. The number of nitrogens with zero attached hydrogens (tertiary/aromatic N) is 3. The van der Waals surface area contributed by atoms with Crippen LogP contribution in [-0.2, 0) is 14.8 Å². The molecule has 0 bridgehead atoms. The summed E-state index contributed by atoms with van der Waals surface area (Å²) in [5.41, 5.74) is -0.608. The van der Waals surface area contributed by atoms with Crippen LogP contribution >= 0.6 is 0 Å². The van der Waals surface area contributed by atoms with Crippen LogP contribution in [0.15, 0.2) is 59.6 Å². The molecule has 0 aliphatic carbocycles. The molecule has 218 valence electrons. The molecular formula is C26H25F3N4O7S. The van der Waals surface area contributed by atoms with E-state index in [9.17, 15) is 36.3 Å². The molecule has 0 radical (unpaired) electrons. The number of carbonyl (C=O) groups is 2. The van der Waals surface area contributed by atoms with E-state index in [4.69, 9.17) is 4.74 Å². The van der Waals surface area contributed by atoms with Crippen LogP contribution in [0.3, 0.4) is 0 Å². The standard InChI is InChI=1S/C26H25F3N4O7S/c27-26(28,29)40-21-13-17(24(34)32-10-11-33(25(35)36)20(14-32)18-8-12-39-15-18)6-7-19(21)31-41(37,38)22-5-1-3-16-4-2-9-30-23(16)22/h1-7,9,13,18,20,31H,8,10-12,14-15H2,(H,35,36). The number of para-hydroxylation sites is 1. The molecule has 2 unspecified atom stereocenters. The summed E-state index contributed by atoms with van der Waals surface area (Å²) in [6.07, 6.45) is -4.32. The van der Waals surface area contributed by atoms with Gasteiger partial charge >= 0.3 is 12.5 Å². The number of amides is 2. The summed E-state index contributed by atoms with van der Waals surface area (Å²) in [7, 11) is -4.43. The zero-order valence-electron chi connectivity index (χ0n) is 21.4. The van der Waals surface area contributed by atoms with Gasteiger partial charge in [-0.1, -0.05) is 18.2 Å². The van der Waals surface area contributed by atoms with E-state index in [-0.39, 0.29) is 41.5 Å². The Hall–Kier alpha value is -4.11. The molecule has 2 aliphatic rings. The highest BCUT2D eigenvalue weighted by atomic mass is 32.2. The lowest BCUT2D eigenvalue weighted by Crippen LogP contribution is -2.58. The number of hydrogen-bond donors (Lipinski definition) is 2. The van der Waals surface area contributed by atoms with Gasteiger partial charge < -0.3 is 24.4 Å². The van der Waals surface area contributed by atoms with Crippen molar-refractivity contribution in [2.45, 2.75) is 23.7 Å². The summed E-state index contributed by atoms with van der Waals surface area (Å²) in [6.45, 7) is 0.864. The Morgan fingerprint density at radius 1 is 1.12 bits per heavy atom. The van der Waals surface area contributed by atoms with Gasteiger partial charge in [-0.25, -0.2) is 13.2 Å². The van der Waals surface area contributed by atoms with Crippen LogP contribution in [0.1, 0.15) is 16.8 Å². The number of carbonyl (C=O) groups excluding carboxylic acids is 1. The predicted octanol–water partition coefficient (Wildman–Crippen LogP) is 3.78. The highest BCUT2D eigenvalue weighted by Crippen LogP contribution is 2.34. The minimum atomic E-state index is -5.19. The zero-order valence-corrected chi connectivity index (χ0v) is 22.2. The summed E-state index contributed by atoms with van der Waals surface area (Å²) in [5, 5.41) is 10.1. The highest BCUT2D eigenvalue weighted by molar-refractivity contribution is 7.93. The molecule has 0 spiro atoms. The normalized spacial score (nSPS) is 19.8. The van der Waals surface area contributed by atoms with E-state index < -0.39 is 45.9 Å². The lowest BCUT2D eigenvalue weighted by molar-refractivity contribution is -0.274. The number of sulfonamides is 1. The maximum atomic E-state index is 13.4. The van der Waals surface area contributed by atoms with Crippen LogP contribution in [0.5, 0.6) is 5.75 Å². The van der Waals surface area contributed by atoms with Crippen molar-refractivity contribution in [2.75, 3.05) is 37.6 Å². The zero-order chi connectivity index (χ0) is 29.4. The number of piperazine rings is 1. The monoisotopic (exact) mass is 594 g/mol. The van der Waals surface area contributed by atoms with Crippen LogP contribution in [-0.4, -0.2) is 85.6 Å². The number of ether oxygens (including phenoxy) is 2. The average Bonchev–Trinajstić information content (AvgIpc) is 3.47. The molecule has 2 fully saturated rings. The third kappa shape index (κ3) is 6.15. The summed E-state index contributed by atoms with van der Waals surface area (Å²) < 4.78 is 78.1. The van der Waals surface area contributed by atoms with E-state index in [0.717, 1.165) is 12.1 Å². The van der Waals surface area contributed by atoms with Gasteiger partial charge in [0.2, 0.25) is 0 Å². The van der Waals surface area contributed by atoms with Gasteiger partial charge in [-0.2, -0.15) is 0 Å². The fourth-order valence-electron chi connectivity index (χ4n) is 5.12. The molecule has 15 heteroatoms. The number of hydrogen-bond acceptors (Lipinski definition) is 7. The first-order chi connectivity index (χ1) is 19.4. The maximum absolute atomic E-state index is 13.4. The van der Waals surface area contributed by atoms with E-state index in [0.29, 0.717) is 25.0 Å². The van der Waals surface area contributed by atoms with Crippen molar-refractivity contribution in [3.05, 3.63) is 60.3 Å². The second-order valence-corrected chi connectivity index (χ2v) is 11.3. The second-order valence-electron chi connectivity index (χ2n) is 9.61. The van der Waals surface area contributed by atoms with Crippen molar-refractivity contribution in [1.82, 2.24) is 14.8 Å². The second kappa shape index (κ2) is 11.0. The van der Waals surface area contributed by atoms with Gasteiger partial charge in [-0.05, 0) is 36.8 Å². The number of nitrogens with one attached hydrogen (secondary N) is 1. The van der Waals surface area contributed by atoms with Crippen molar-refractivity contribution in [2.24, 2.45) is 5.92 Å². The molecule has 41 heavy (non-hydrogen) atoms. The molecule has 2 aromatic carbocycles. The molecule has 2 aliphatic heterocycles. The van der Waals surface area contributed by atoms with Crippen molar-refractivity contribution in [3.8, 4) is 5.75 Å². The molecule has 2 saturated heterocycles. The average molecular weight is 595 g/mol. The van der Waals surface area contributed by atoms with Crippen molar-refractivity contribution in [1.29, 1.82) is 0 Å². The largest absolute Gasteiger partial charge is 0.573 e. The Morgan fingerprint density at radius 3 is 2.61 bits per heavy atom. The molecule has 0 saturated carbocycles. The molecule has 11 nitrogen and oxygen atoms in total. The summed E-state index contributed by atoms with van der Waals surface area (Å²) in [5.74, 6) is -1.71. The van der Waals surface area contributed by atoms with Gasteiger partial charge in [0.1, 0.15) is 4.90 Å². The van der Waals surface area contributed by atoms with Gasteiger partial charge in [0.25, 0.3) is 15.9 Å². The number of rotatable bonds is 6. The number of pyridine rings is 1. The molecule has 1 aromatic heterocycles. The van der Waals surface area contributed by atoms with Crippen LogP contribution in [0.4, 0.5) is 23.7 Å². The van der Waals surface area contributed by atoms with Gasteiger partial charge in [0.15, 0.2) is 5.75 Å². The van der Waals surface area contributed by atoms with E-state index in [1.165, 1.54) is 34.2 Å². The first-order valence-corrected chi connectivity index (χ1v) is 14.0. The number of aromatic nitrogens is 1. The molecule has 2 atom stereocenters. The molecule has 3 heterocycles. The molecule has 2 N–H and O–H groups in total. The number of halogens is 3. The van der Waals surface area contributed by atoms with E-state index in [1.807, 2.05) is 0 Å². The van der Waals surface area contributed by atoms with E-state index >= 15 is 0 Å². The number of carboxylic acid groups (broad SMARTS) is 1. The Morgan fingerprint density at radius 2 is 1.90 bits per heavy atom. The summed E-state index contributed by atoms with van der Waals surface area (Å²) in [6, 6.07) is 10.1. The quantitative estimate of drug-likeness (QED) is 0.440. The lowest BCUT2D eigenvalue weighted by Gasteiger charge is -2.42. The molecule has 2 amide bonds. The molecule has 3 aromatic rings.